The molecule has 1 aliphatic rings. The largest absolute Gasteiger partial charge is 0.490 e. The highest BCUT2D eigenvalue weighted by atomic mass is 19.4. The molecule has 29 heavy (non-hydrogen) atoms. The first-order chi connectivity index (χ1) is 13.7. The van der Waals surface area contributed by atoms with E-state index in [2.05, 4.69) is 10.5 Å². The Morgan fingerprint density at radius 3 is 2.45 bits per heavy atom. The van der Waals surface area contributed by atoms with E-state index in [1.165, 1.54) is 0 Å². The van der Waals surface area contributed by atoms with Gasteiger partial charge in [0.1, 0.15) is 0 Å². The zero-order valence-electron chi connectivity index (χ0n) is 15.1. The van der Waals surface area contributed by atoms with Crippen LogP contribution in [0.15, 0.2) is 53.1 Å². The molecule has 0 saturated carbocycles. The van der Waals surface area contributed by atoms with Crippen LogP contribution in [0.4, 0.5) is 13.2 Å². The quantitative estimate of drug-likeness (QED) is 0.645. The molecule has 0 saturated heterocycles. The number of alkyl halides is 3. The molecule has 2 aromatic rings. The first-order valence-electron chi connectivity index (χ1n) is 8.60. The molecular weight excluding hydrogens is 393 g/mol. The van der Waals surface area contributed by atoms with Gasteiger partial charge in [0.15, 0.2) is 5.76 Å². The van der Waals surface area contributed by atoms with E-state index in [0.717, 1.165) is 17.0 Å². The van der Waals surface area contributed by atoms with Crippen molar-refractivity contribution in [2.75, 3.05) is 0 Å². The third-order valence-corrected chi connectivity index (χ3v) is 4.08. The van der Waals surface area contributed by atoms with Gasteiger partial charge in [-0.15, -0.1) is 0 Å². The normalized spacial score (nSPS) is 18.6. The minimum atomic E-state index is -5.08. The van der Waals surface area contributed by atoms with Crippen molar-refractivity contribution in [3.05, 3.63) is 54.2 Å². The fourth-order valence-electron chi connectivity index (χ4n) is 2.61. The molecule has 1 aliphatic carbocycles. The van der Waals surface area contributed by atoms with Gasteiger partial charge in [-0.3, -0.25) is 4.79 Å². The molecule has 0 spiro atoms. The van der Waals surface area contributed by atoms with Crippen molar-refractivity contribution in [3.63, 3.8) is 0 Å². The molecule has 156 valence electrons. The van der Waals surface area contributed by atoms with Crippen molar-refractivity contribution in [2.24, 2.45) is 5.92 Å². The van der Waals surface area contributed by atoms with Crippen LogP contribution in [0.1, 0.15) is 18.5 Å². The lowest BCUT2D eigenvalue weighted by Gasteiger charge is -2.22. The standard InChI is InChI=1S/C17H18N2O3.C2HF3O2/c20-17(21)13-7-4-8-14(9-13)18-11-15-10-16(22-19-15)12-5-2-1-3-6-12;3-2(4,5)1(6)7/h1-6,8,10,13-14,18H,7,9,11H2,(H,20,21);(H,6,7)/t13-,14-;/m1./s1. The first kappa shape index (κ1) is 22.2. The fraction of sp³-hybridized carbons (Fsp3) is 0.316. The lowest BCUT2D eigenvalue weighted by atomic mass is 9.91. The van der Waals surface area contributed by atoms with Gasteiger partial charge >= 0.3 is 18.1 Å². The van der Waals surface area contributed by atoms with Crippen molar-refractivity contribution >= 4 is 11.9 Å². The van der Waals surface area contributed by atoms with E-state index in [-0.39, 0.29) is 12.0 Å². The summed E-state index contributed by atoms with van der Waals surface area (Å²) in [6, 6.07) is 11.8. The van der Waals surface area contributed by atoms with E-state index < -0.39 is 18.1 Å². The van der Waals surface area contributed by atoms with Crippen LogP contribution in [0.5, 0.6) is 0 Å². The van der Waals surface area contributed by atoms with Crippen LogP contribution in [-0.2, 0) is 16.1 Å². The lowest BCUT2D eigenvalue weighted by molar-refractivity contribution is -0.192. The summed E-state index contributed by atoms with van der Waals surface area (Å²) in [5.74, 6) is -3.06. The Balaban J connectivity index is 0.000000370. The second-order valence-corrected chi connectivity index (χ2v) is 6.27. The van der Waals surface area contributed by atoms with Gasteiger partial charge in [-0.1, -0.05) is 47.6 Å². The maximum Gasteiger partial charge on any atom is 0.490 e. The summed E-state index contributed by atoms with van der Waals surface area (Å²) in [4.78, 5) is 19.9. The number of allylic oxidation sites excluding steroid dienone is 1. The smallest absolute Gasteiger partial charge is 0.481 e. The van der Waals surface area contributed by atoms with Gasteiger partial charge in [-0.05, 0) is 12.8 Å². The third-order valence-electron chi connectivity index (χ3n) is 4.08. The number of hydrogen-bond donors (Lipinski definition) is 3. The molecule has 0 bridgehead atoms. The number of benzene rings is 1. The molecule has 0 amide bonds. The van der Waals surface area contributed by atoms with Crippen molar-refractivity contribution in [3.8, 4) is 11.3 Å². The monoisotopic (exact) mass is 412 g/mol. The van der Waals surface area contributed by atoms with E-state index in [1.807, 2.05) is 48.6 Å². The van der Waals surface area contributed by atoms with E-state index in [0.29, 0.717) is 19.4 Å². The summed E-state index contributed by atoms with van der Waals surface area (Å²) < 4.78 is 37.1. The van der Waals surface area contributed by atoms with Gasteiger partial charge in [-0.25, -0.2) is 4.79 Å². The maximum absolute atomic E-state index is 11.0. The molecule has 0 fully saturated rings. The Bertz CT molecular complexity index is 849. The molecule has 1 heterocycles. The topological polar surface area (TPSA) is 113 Å². The van der Waals surface area contributed by atoms with Gasteiger partial charge in [0.2, 0.25) is 0 Å². The minimum Gasteiger partial charge on any atom is -0.481 e. The van der Waals surface area contributed by atoms with Crippen LogP contribution in [0.3, 0.4) is 0 Å². The second kappa shape index (κ2) is 9.87. The van der Waals surface area contributed by atoms with Gasteiger partial charge in [0.05, 0.1) is 11.6 Å². The Hall–Kier alpha value is -3.14. The molecule has 10 heteroatoms. The zero-order chi connectivity index (χ0) is 21.4. The Labute approximate surface area is 163 Å². The number of hydrogen-bond acceptors (Lipinski definition) is 5. The SMILES string of the molecule is O=C(O)C(F)(F)F.O=C(O)[C@@H]1CC=C[C@@H](NCc2cc(-c3ccccc3)on2)C1. The number of aromatic nitrogens is 1. The highest BCUT2D eigenvalue weighted by Crippen LogP contribution is 2.21. The summed E-state index contributed by atoms with van der Waals surface area (Å²) in [6.45, 7) is 0.553. The van der Waals surface area contributed by atoms with Crippen LogP contribution < -0.4 is 5.32 Å². The van der Waals surface area contributed by atoms with Gasteiger partial charge in [0.25, 0.3) is 0 Å². The van der Waals surface area contributed by atoms with Gasteiger partial charge < -0.3 is 20.1 Å². The average Bonchev–Trinajstić information content (AvgIpc) is 3.16. The Morgan fingerprint density at radius 1 is 1.21 bits per heavy atom. The van der Waals surface area contributed by atoms with Crippen LogP contribution >= 0.6 is 0 Å². The van der Waals surface area contributed by atoms with Crippen molar-refractivity contribution < 1.29 is 37.5 Å². The average molecular weight is 412 g/mol. The highest BCUT2D eigenvalue weighted by Gasteiger charge is 2.38. The molecular formula is C19H19F3N2O5. The first-order valence-corrected chi connectivity index (χ1v) is 8.60. The molecule has 0 radical (unpaired) electrons. The number of nitrogens with zero attached hydrogens (tertiary/aromatic N) is 1. The van der Waals surface area contributed by atoms with Crippen LogP contribution in [0, 0.1) is 5.92 Å². The Kier molecular flexibility index (Phi) is 7.54. The molecule has 3 rings (SSSR count). The van der Waals surface area contributed by atoms with E-state index in [4.69, 9.17) is 19.5 Å². The van der Waals surface area contributed by atoms with Gasteiger partial charge in [-0.2, -0.15) is 13.2 Å². The molecule has 0 unspecified atom stereocenters. The summed E-state index contributed by atoms with van der Waals surface area (Å²) in [7, 11) is 0. The summed E-state index contributed by atoms with van der Waals surface area (Å²) in [5.41, 5.74) is 1.80. The highest BCUT2D eigenvalue weighted by molar-refractivity contribution is 5.73. The summed E-state index contributed by atoms with van der Waals surface area (Å²) in [6.07, 6.45) is 0.0840. The number of halogens is 3. The van der Waals surface area contributed by atoms with Crippen molar-refractivity contribution in [2.45, 2.75) is 31.6 Å². The molecule has 1 aromatic carbocycles. The van der Waals surface area contributed by atoms with Crippen molar-refractivity contribution in [1.82, 2.24) is 10.5 Å². The Morgan fingerprint density at radius 2 is 1.86 bits per heavy atom. The number of nitrogens with one attached hydrogen (secondary N) is 1. The lowest BCUT2D eigenvalue weighted by Crippen LogP contribution is -2.33. The predicted octanol–water partition coefficient (Wildman–Crippen LogP) is 3.48. The fourth-order valence-corrected chi connectivity index (χ4v) is 2.61. The van der Waals surface area contributed by atoms with Crippen LogP contribution in [0.2, 0.25) is 0 Å². The van der Waals surface area contributed by atoms with Crippen molar-refractivity contribution in [1.29, 1.82) is 0 Å². The third kappa shape index (κ3) is 7.07. The maximum atomic E-state index is 11.0. The molecule has 0 aliphatic heterocycles. The summed E-state index contributed by atoms with van der Waals surface area (Å²) >= 11 is 0. The van der Waals surface area contributed by atoms with Crippen LogP contribution in [-0.4, -0.2) is 39.5 Å². The number of aliphatic carboxylic acids is 2. The number of rotatable bonds is 5. The van der Waals surface area contributed by atoms with E-state index >= 15 is 0 Å². The van der Waals surface area contributed by atoms with Crippen LogP contribution in [0.25, 0.3) is 11.3 Å². The molecule has 1 aromatic heterocycles. The van der Waals surface area contributed by atoms with E-state index in [1.54, 1.807) is 0 Å². The number of carboxylic acid groups (broad SMARTS) is 2. The molecule has 2 atom stereocenters. The summed E-state index contributed by atoms with van der Waals surface area (Å²) in [5, 5.41) is 23.6. The molecule has 3 N–H and O–H groups in total. The number of carboxylic acids is 2. The van der Waals surface area contributed by atoms with Gasteiger partial charge in [0, 0.05) is 24.2 Å². The molecule has 7 nitrogen and oxygen atoms in total. The second-order valence-electron chi connectivity index (χ2n) is 6.27. The number of carbonyl (C=O) groups is 2. The zero-order valence-corrected chi connectivity index (χ0v) is 15.1. The predicted molar refractivity (Wildman–Crippen MR) is 95.8 cm³/mol. The van der Waals surface area contributed by atoms with E-state index in [9.17, 15) is 18.0 Å². The minimum absolute atomic E-state index is 0.0618.